The van der Waals surface area contributed by atoms with Crippen LogP contribution in [0.15, 0.2) is 24.7 Å². The number of piperidine rings is 2. The highest BCUT2D eigenvalue weighted by molar-refractivity contribution is 6.08. The average molecular weight is 613 g/mol. The van der Waals surface area contributed by atoms with Crippen molar-refractivity contribution in [3.63, 3.8) is 0 Å². The number of amides is 1. The Morgan fingerprint density at radius 2 is 2.02 bits per heavy atom. The maximum Gasteiger partial charge on any atom is 0.284 e. The molecule has 12 nitrogen and oxygen atoms in total. The molecule has 4 aliphatic heterocycles. The number of rotatable bonds is 10. The first-order chi connectivity index (χ1) is 21.4. The van der Waals surface area contributed by atoms with E-state index in [4.69, 9.17) is 9.72 Å². The Morgan fingerprint density at radius 3 is 2.75 bits per heavy atom. The molecule has 7 heterocycles. The summed E-state index contributed by atoms with van der Waals surface area (Å²) in [5.41, 5.74) is 0.206. The second-order valence-electron chi connectivity index (χ2n) is 12.8. The van der Waals surface area contributed by atoms with E-state index < -0.39 is 18.0 Å². The molecule has 2 bridgehead atoms. The third kappa shape index (κ3) is 6.17. The fourth-order valence-corrected chi connectivity index (χ4v) is 7.22. The molecule has 0 aliphatic carbocycles. The van der Waals surface area contributed by atoms with Gasteiger partial charge >= 0.3 is 0 Å². The molecule has 3 aromatic heterocycles. The number of alkyl halides is 2. The smallest absolute Gasteiger partial charge is 0.284 e. The summed E-state index contributed by atoms with van der Waals surface area (Å²) in [5, 5.41) is 14.6. The van der Waals surface area contributed by atoms with Crippen LogP contribution in [-0.4, -0.2) is 118 Å². The fraction of sp³-hybridized carbons (Fsp3) is 0.667. The molecule has 2 atom stereocenters. The summed E-state index contributed by atoms with van der Waals surface area (Å²) in [6.45, 7) is 8.59. The van der Waals surface area contributed by atoms with Gasteiger partial charge in [-0.1, -0.05) is 0 Å². The number of nitrogens with one attached hydrogen (secondary N) is 2. The summed E-state index contributed by atoms with van der Waals surface area (Å²) in [5.74, 6) is 0.983. The molecule has 44 heavy (non-hydrogen) atoms. The van der Waals surface area contributed by atoms with E-state index in [1.165, 1.54) is 23.6 Å². The molecule has 0 spiro atoms. The third-order valence-corrected chi connectivity index (χ3v) is 9.77. The third-order valence-electron chi connectivity index (χ3n) is 9.77. The first-order valence-corrected chi connectivity index (χ1v) is 15.9. The van der Waals surface area contributed by atoms with Crippen molar-refractivity contribution in [2.45, 2.75) is 56.7 Å². The average Bonchev–Trinajstić information content (AvgIpc) is 3.84. The molecule has 4 fully saturated rings. The predicted molar refractivity (Wildman–Crippen MR) is 161 cm³/mol. The van der Waals surface area contributed by atoms with Crippen LogP contribution < -0.4 is 15.5 Å². The molecule has 4 aliphatic rings. The Hall–Kier alpha value is -3.20. The lowest BCUT2D eigenvalue weighted by Gasteiger charge is -2.34. The fourth-order valence-electron chi connectivity index (χ4n) is 7.22. The molecule has 1 amide bonds. The number of morpholine rings is 1. The number of hydrogen-bond donors (Lipinski definition) is 2. The van der Waals surface area contributed by atoms with Crippen molar-refractivity contribution in [3.05, 3.63) is 35.9 Å². The van der Waals surface area contributed by atoms with E-state index >= 15 is 0 Å². The Bertz CT molecular complexity index is 1450. The van der Waals surface area contributed by atoms with Crippen LogP contribution in [0.25, 0.3) is 5.65 Å². The molecule has 3 aromatic rings. The van der Waals surface area contributed by atoms with Crippen LogP contribution in [0.3, 0.4) is 0 Å². The minimum Gasteiger partial charge on any atom is -0.374 e. The Labute approximate surface area is 255 Å². The molecule has 2 N–H and O–H groups in total. The molecule has 7 rings (SSSR count). The maximum absolute atomic E-state index is 14.1. The molecule has 0 saturated carbocycles. The zero-order valence-electron chi connectivity index (χ0n) is 25.2. The van der Waals surface area contributed by atoms with Crippen molar-refractivity contribution < 1.29 is 18.3 Å². The Morgan fingerprint density at radius 1 is 1.20 bits per heavy atom. The van der Waals surface area contributed by atoms with E-state index in [2.05, 4.69) is 42.6 Å². The standard InChI is InChI=1S/C30H42F2N10O2/c1-38(16-20-2-7-33-8-3-20)12-13-39-9-4-21(5-10-39)42-18-25(27(37-42)28(31)32)35-30(43)24-15-34-41-11-6-26(36-29(24)41)40-17-23-14-22(40)19-44-23/h6,11,15,18,20-23,28,33H,2-5,7-10,12-14,16-17,19H2,1H3,(H,35,43)/t22-,23-/m1/s1. The van der Waals surface area contributed by atoms with Crippen LogP contribution in [0.1, 0.15) is 60.6 Å². The van der Waals surface area contributed by atoms with Crippen molar-refractivity contribution in [3.8, 4) is 0 Å². The van der Waals surface area contributed by atoms with Crippen molar-refractivity contribution in [2.75, 3.05) is 76.2 Å². The van der Waals surface area contributed by atoms with Crippen LogP contribution in [0.2, 0.25) is 0 Å². The summed E-state index contributed by atoms with van der Waals surface area (Å²) in [7, 11) is 2.20. The van der Waals surface area contributed by atoms with Crippen LogP contribution >= 0.6 is 0 Å². The Kier molecular flexibility index (Phi) is 8.49. The predicted octanol–water partition coefficient (Wildman–Crippen LogP) is 2.66. The normalized spacial score (nSPS) is 23.5. The lowest BCUT2D eigenvalue weighted by molar-refractivity contribution is 0.0988. The van der Waals surface area contributed by atoms with Gasteiger partial charge in [-0.2, -0.15) is 10.2 Å². The van der Waals surface area contributed by atoms with E-state index in [1.54, 1.807) is 17.1 Å². The van der Waals surface area contributed by atoms with Crippen LogP contribution in [-0.2, 0) is 4.74 Å². The van der Waals surface area contributed by atoms with E-state index in [9.17, 15) is 13.6 Å². The van der Waals surface area contributed by atoms with Crippen molar-refractivity contribution in [1.82, 2.24) is 39.5 Å². The highest BCUT2D eigenvalue weighted by Gasteiger charge is 2.39. The van der Waals surface area contributed by atoms with Gasteiger partial charge in [0.15, 0.2) is 11.3 Å². The first kappa shape index (κ1) is 29.5. The van der Waals surface area contributed by atoms with Gasteiger partial charge in [-0.25, -0.2) is 18.3 Å². The number of aromatic nitrogens is 5. The maximum atomic E-state index is 14.1. The van der Waals surface area contributed by atoms with Gasteiger partial charge in [-0.15, -0.1) is 0 Å². The van der Waals surface area contributed by atoms with E-state index in [-0.39, 0.29) is 29.4 Å². The van der Waals surface area contributed by atoms with E-state index in [0.717, 1.165) is 83.4 Å². The minimum absolute atomic E-state index is 0.00263. The lowest BCUT2D eigenvalue weighted by Crippen LogP contribution is -2.41. The van der Waals surface area contributed by atoms with Crippen molar-refractivity contribution in [2.24, 2.45) is 5.92 Å². The molecule has 14 heteroatoms. The SMILES string of the molecule is CN(CCN1CCC(n2cc(NC(=O)c3cnn4ccc(N5C[C@H]6C[C@@H]5CO6)nc34)c(C(F)F)n2)CC1)CC1CCNCC1. The van der Waals surface area contributed by atoms with Gasteiger partial charge in [-0.3, -0.25) is 9.48 Å². The van der Waals surface area contributed by atoms with Crippen LogP contribution in [0, 0.1) is 5.92 Å². The number of anilines is 2. The summed E-state index contributed by atoms with van der Waals surface area (Å²) >= 11 is 0. The minimum atomic E-state index is -2.82. The molecule has 0 unspecified atom stereocenters. The van der Waals surface area contributed by atoms with Crippen molar-refractivity contribution >= 4 is 23.1 Å². The highest BCUT2D eigenvalue weighted by Crippen LogP contribution is 2.33. The molecule has 0 aromatic carbocycles. The van der Waals surface area contributed by atoms with E-state index in [1.807, 2.05) is 6.07 Å². The number of carbonyl (C=O) groups excluding carboxylic acids is 1. The number of hydrogen-bond acceptors (Lipinski definition) is 9. The first-order valence-electron chi connectivity index (χ1n) is 15.9. The Balaban J connectivity index is 0.974. The molecular weight excluding hydrogens is 570 g/mol. The second kappa shape index (κ2) is 12.7. The molecule has 0 radical (unpaired) electrons. The number of carbonyl (C=O) groups is 1. The van der Waals surface area contributed by atoms with Gasteiger partial charge in [0.1, 0.15) is 11.4 Å². The van der Waals surface area contributed by atoms with Crippen molar-refractivity contribution in [1.29, 1.82) is 0 Å². The number of ether oxygens (including phenoxy) is 1. The zero-order chi connectivity index (χ0) is 30.2. The lowest BCUT2D eigenvalue weighted by atomic mass is 9.98. The number of fused-ring (bicyclic) bond motifs is 3. The molecule has 4 saturated heterocycles. The summed E-state index contributed by atoms with van der Waals surface area (Å²) in [4.78, 5) is 25.2. The van der Waals surface area contributed by atoms with E-state index in [0.29, 0.717) is 12.3 Å². The van der Waals surface area contributed by atoms with Gasteiger partial charge < -0.3 is 30.1 Å². The highest BCUT2D eigenvalue weighted by atomic mass is 19.3. The quantitative estimate of drug-likeness (QED) is 0.357. The number of halogens is 2. The summed E-state index contributed by atoms with van der Waals surface area (Å²) in [6.07, 6.45) is 7.23. The van der Waals surface area contributed by atoms with Gasteiger partial charge in [0, 0.05) is 51.7 Å². The van der Waals surface area contributed by atoms with Gasteiger partial charge in [0.25, 0.3) is 12.3 Å². The second-order valence-corrected chi connectivity index (χ2v) is 12.8. The summed E-state index contributed by atoms with van der Waals surface area (Å²) < 4.78 is 37.0. The number of nitrogens with zero attached hydrogens (tertiary/aromatic N) is 8. The van der Waals surface area contributed by atoms with Gasteiger partial charge in [0.2, 0.25) is 0 Å². The molecular formula is C30H42F2N10O2. The molecule has 238 valence electrons. The van der Waals surface area contributed by atoms with Crippen LogP contribution in [0.4, 0.5) is 20.3 Å². The van der Waals surface area contributed by atoms with Gasteiger partial charge in [-0.05, 0) is 64.2 Å². The topological polar surface area (TPSA) is 108 Å². The summed E-state index contributed by atoms with van der Waals surface area (Å²) in [6, 6.07) is 2.15. The monoisotopic (exact) mass is 612 g/mol. The number of likely N-dealkylation sites (tertiary alicyclic amines) is 1. The van der Waals surface area contributed by atoms with Crippen LogP contribution in [0.5, 0.6) is 0 Å². The number of likely N-dealkylation sites (N-methyl/N-ethyl adjacent to an activating group) is 1. The van der Waals surface area contributed by atoms with Gasteiger partial charge in [0.05, 0.1) is 36.7 Å². The zero-order valence-corrected chi connectivity index (χ0v) is 25.2. The largest absolute Gasteiger partial charge is 0.374 e.